The molecular formula is C19H20N4O5S2. The maximum Gasteiger partial charge on any atom is 0.322 e. The van der Waals surface area contributed by atoms with Gasteiger partial charge in [0.05, 0.1) is 12.7 Å². The number of anilines is 1. The van der Waals surface area contributed by atoms with Gasteiger partial charge in [-0.3, -0.25) is 10.1 Å². The van der Waals surface area contributed by atoms with Gasteiger partial charge in [0.25, 0.3) is 15.9 Å². The van der Waals surface area contributed by atoms with Gasteiger partial charge >= 0.3 is 6.01 Å². The van der Waals surface area contributed by atoms with Gasteiger partial charge in [-0.2, -0.15) is 4.31 Å². The third-order valence-electron chi connectivity index (χ3n) is 4.81. The maximum absolute atomic E-state index is 13.0. The van der Waals surface area contributed by atoms with Crippen molar-refractivity contribution in [1.82, 2.24) is 14.5 Å². The molecule has 0 bridgehead atoms. The number of rotatable bonds is 6. The number of ether oxygens (including phenoxy) is 1. The molecule has 1 amide bonds. The molecule has 1 atom stereocenters. The van der Waals surface area contributed by atoms with Gasteiger partial charge in [0.2, 0.25) is 5.91 Å². The van der Waals surface area contributed by atoms with Gasteiger partial charge in [-0.1, -0.05) is 29.7 Å². The van der Waals surface area contributed by atoms with Crippen molar-refractivity contribution in [1.29, 1.82) is 0 Å². The molecule has 11 heteroatoms. The monoisotopic (exact) mass is 448 g/mol. The molecule has 1 fully saturated rings. The highest BCUT2D eigenvalue weighted by Crippen LogP contribution is 2.31. The summed E-state index contributed by atoms with van der Waals surface area (Å²) in [6.45, 7) is 0.286. The Labute approximate surface area is 177 Å². The molecule has 2 aromatic heterocycles. The smallest absolute Gasteiger partial charge is 0.322 e. The van der Waals surface area contributed by atoms with Gasteiger partial charge in [-0.15, -0.1) is 16.4 Å². The lowest BCUT2D eigenvalue weighted by atomic mass is 10.0. The zero-order chi connectivity index (χ0) is 21.1. The fourth-order valence-corrected chi connectivity index (χ4v) is 6.15. The Bertz CT molecular complexity index is 1130. The number of benzene rings is 1. The van der Waals surface area contributed by atoms with Crippen molar-refractivity contribution >= 4 is 33.3 Å². The lowest BCUT2D eigenvalue weighted by Crippen LogP contribution is -2.49. The van der Waals surface area contributed by atoms with Gasteiger partial charge in [0, 0.05) is 6.54 Å². The summed E-state index contributed by atoms with van der Waals surface area (Å²) in [7, 11) is -2.21. The van der Waals surface area contributed by atoms with E-state index in [1.165, 1.54) is 11.4 Å². The highest BCUT2D eigenvalue weighted by atomic mass is 32.2. The van der Waals surface area contributed by atoms with E-state index in [1.807, 2.05) is 6.07 Å². The third kappa shape index (κ3) is 3.95. The third-order valence-corrected chi connectivity index (χ3v) is 8.09. The van der Waals surface area contributed by atoms with Crippen LogP contribution in [0.2, 0.25) is 0 Å². The Morgan fingerprint density at radius 2 is 2.07 bits per heavy atom. The number of sulfonamides is 1. The fraction of sp³-hybridized carbons (Fsp3) is 0.316. The van der Waals surface area contributed by atoms with Crippen LogP contribution in [0.5, 0.6) is 5.75 Å². The number of nitrogens with one attached hydrogen (secondary N) is 1. The molecule has 1 saturated heterocycles. The van der Waals surface area contributed by atoms with Crippen molar-refractivity contribution < 1.29 is 22.4 Å². The average molecular weight is 449 g/mol. The Kier molecular flexibility index (Phi) is 5.84. The predicted octanol–water partition coefficient (Wildman–Crippen LogP) is 2.99. The number of nitrogens with zero attached hydrogens (tertiary/aromatic N) is 3. The van der Waals surface area contributed by atoms with Crippen molar-refractivity contribution in [2.45, 2.75) is 29.5 Å². The first-order valence-electron chi connectivity index (χ1n) is 9.34. The van der Waals surface area contributed by atoms with Crippen LogP contribution in [0.1, 0.15) is 19.3 Å². The lowest BCUT2D eigenvalue weighted by Gasteiger charge is -2.32. The largest absolute Gasteiger partial charge is 0.496 e. The fourth-order valence-electron chi connectivity index (χ4n) is 3.37. The van der Waals surface area contributed by atoms with E-state index in [0.717, 1.165) is 17.8 Å². The molecule has 9 nitrogen and oxygen atoms in total. The second-order valence-corrected chi connectivity index (χ2v) is 9.73. The number of carbonyl (C=O) groups excluding carboxylic acids is 1. The first-order valence-corrected chi connectivity index (χ1v) is 11.7. The maximum atomic E-state index is 13.0. The number of amides is 1. The van der Waals surface area contributed by atoms with Crippen LogP contribution in [-0.2, 0) is 14.8 Å². The highest BCUT2D eigenvalue weighted by molar-refractivity contribution is 7.91. The molecule has 158 valence electrons. The van der Waals surface area contributed by atoms with Crippen molar-refractivity contribution in [3.63, 3.8) is 0 Å². The summed E-state index contributed by atoms with van der Waals surface area (Å²) in [6, 6.07) is 9.41. The Balaban J connectivity index is 1.54. The van der Waals surface area contributed by atoms with E-state index in [9.17, 15) is 13.2 Å². The Hall–Kier alpha value is -2.76. The molecule has 0 aliphatic carbocycles. The summed E-state index contributed by atoms with van der Waals surface area (Å²) < 4.78 is 38.3. The highest BCUT2D eigenvalue weighted by Gasteiger charge is 2.38. The van der Waals surface area contributed by atoms with Crippen molar-refractivity contribution in [3.05, 3.63) is 41.8 Å². The van der Waals surface area contributed by atoms with E-state index in [-0.39, 0.29) is 22.7 Å². The van der Waals surface area contributed by atoms with Gasteiger partial charge in [-0.25, -0.2) is 8.42 Å². The molecule has 30 heavy (non-hydrogen) atoms. The van der Waals surface area contributed by atoms with Crippen LogP contribution in [0, 0.1) is 0 Å². The zero-order valence-corrected chi connectivity index (χ0v) is 17.8. The van der Waals surface area contributed by atoms with Crippen LogP contribution >= 0.6 is 11.3 Å². The van der Waals surface area contributed by atoms with E-state index in [0.29, 0.717) is 24.2 Å². The predicted molar refractivity (Wildman–Crippen MR) is 111 cm³/mol. The summed E-state index contributed by atoms with van der Waals surface area (Å²) >= 11 is 1.13. The molecule has 3 aromatic rings. The van der Waals surface area contributed by atoms with E-state index >= 15 is 0 Å². The second kappa shape index (κ2) is 8.54. The Morgan fingerprint density at radius 1 is 1.23 bits per heavy atom. The molecule has 0 spiro atoms. The number of para-hydroxylation sites is 1. The van der Waals surface area contributed by atoms with Crippen LogP contribution in [0.25, 0.3) is 11.5 Å². The number of thiophene rings is 1. The molecule has 1 N–H and O–H groups in total. The van der Waals surface area contributed by atoms with Crippen molar-refractivity contribution in [2.75, 3.05) is 19.0 Å². The lowest BCUT2D eigenvalue weighted by molar-refractivity contribution is -0.120. The molecule has 0 radical (unpaired) electrons. The molecule has 1 aliphatic heterocycles. The first-order chi connectivity index (χ1) is 14.5. The number of piperidine rings is 1. The molecular weight excluding hydrogens is 428 g/mol. The van der Waals surface area contributed by atoms with Gasteiger partial charge in [0.15, 0.2) is 0 Å². The van der Waals surface area contributed by atoms with Gasteiger partial charge < -0.3 is 9.15 Å². The summed E-state index contributed by atoms with van der Waals surface area (Å²) in [4.78, 5) is 12.9. The quantitative estimate of drug-likeness (QED) is 0.616. The minimum absolute atomic E-state index is 0.0973. The molecule has 1 aliphatic rings. The van der Waals surface area contributed by atoms with Crippen molar-refractivity contribution in [2.24, 2.45) is 0 Å². The minimum atomic E-state index is -3.74. The second-order valence-electron chi connectivity index (χ2n) is 6.66. The summed E-state index contributed by atoms with van der Waals surface area (Å²) in [5.74, 6) is 0.249. The normalized spacial score (nSPS) is 17.6. The summed E-state index contributed by atoms with van der Waals surface area (Å²) in [5, 5.41) is 12.1. The first kappa shape index (κ1) is 20.5. The number of hydrogen-bond acceptors (Lipinski definition) is 8. The minimum Gasteiger partial charge on any atom is -0.496 e. The van der Waals surface area contributed by atoms with Crippen LogP contribution in [0.15, 0.2) is 50.4 Å². The van der Waals surface area contributed by atoms with Crippen LogP contribution < -0.4 is 10.1 Å². The molecule has 1 aromatic carbocycles. The van der Waals surface area contributed by atoms with E-state index in [2.05, 4.69) is 15.5 Å². The van der Waals surface area contributed by atoms with Gasteiger partial charge in [-0.05, 0) is 36.4 Å². The molecule has 4 rings (SSSR count). The van der Waals surface area contributed by atoms with Crippen LogP contribution in [-0.4, -0.2) is 48.5 Å². The van der Waals surface area contributed by atoms with Crippen molar-refractivity contribution in [3.8, 4) is 17.2 Å². The molecule has 3 heterocycles. The zero-order valence-electron chi connectivity index (χ0n) is 16.1. The average Bonchev–Trinajstić information content (AvgIpc) is 3.46. The van der Waals surface area contributed by atoms with E-state index < -0.39 is 22.0 Å². The molecule has 0 saturated carbocycles. The standard InChI is InChI=1S/C19H20N4O5S2/c1-27-15-9-3-2-7-13(15)18-21-22-19(28-18)20-17(24)14-8-4-5-11-23(14)30(25,26)16-10-6-12-29-16/h2-3,6-7,9-10,12,14H,4-5,8,11H2,1H3,(H,20,22,24). The summed E-state index contributed by atoms with van der Waals surface area (Å²) in [5.41, 5.74) is 0.590. The summed E-state index contributed by atoms with van der Waals surface area (Å²) in [6.07, 6.45) is 1.88. The van der Waals surface area contributed by atoms with E-state index in [4.69, 9.17) is 9.15 Å². The van der Waals surface area contributed by atoms with Crippen LogP contribution in [0.3, 0.4) is 0 Å². The topological polar surface area (TPSA) is 115 Å². The number of aromatic nitrogens is 2. The number of hydrogen-bond donors (Lipinski definition) is 1. The Morgan fingerprint density at radius 3 is 2.83 bits per heavy atom. The SMILES string of the molecule is COc1ccccc1-c1nnc(NC(=O)C2CCCCN2S(=O)(=O)c2cccs2)o1. The van der Waals surface area contributed by atoms with Gasteiger partial charge in [0.1, 0.15) is 16.0 Å². The number of methoxy groups -OCH3 is 1. The van der Waals surface area contributed by atoms with Crippen LogP contribution in [0.4, 0.5) is 6.01 Å². The van der Waals surface area contributed by atoms with E-state index in [1.54, 1.807) is 35.7 Å². The number of carbonyl (C=O) groups is 1. The molecule has 1 unspecified atom stereocenters.